The van der Waals surface area contributed by atoms with Crippen molar-refractivity contribution >= 4 is 57.7 Å². The molecule has 2 aliphatic heterocycles. The summed E-state index contributed by atoms with van der Waals surface area (Å²) in [4.78, 5) is 60.7. The Kier molecular flexibility index (Phi) is 8.18. The van der Waals surface area contributed by atoms with Crippen molar-refractivity contribution in [2.24, 2.45) is 5.16 Å². The molecule has 0 spiro atoms. The van der Waals surface area contributed by atoms with Crippen LogP contribution in [-0.2, 0) is 30.6 Å². The maximum Gasteiger partial charge on any atom is 0.352 e. The molecule has 0 radical (unpaired) electrons. The van der Waals surface area contributed by atoms with Crippen LogP contribution < -0.4 is 20.7 Å². The summed E-state index contributed by atoms with van der Waals surface area (Å²) in [6.45, 7) is 0.216. The number of oxime groups is 1. The number of carboxylic acid groups (broad SMARTS) is 2. The molecule has 3 atom stereocenters. The number of amides is 2. The van der Waals surface area contributed by atoms with Crippen LogP contribution in [0.5, 0.6) is 11.5 Å². The number of carbonyl (C=O) groups excluding carboxylic acids is 3. The number of phenolic OH excluding ortho intramolecular Hbond substituents is 2. The molecule has 15 nitrogen and oxygen atoms in total. The zero-order valence-electron chi connectivity index (χ0n) is 21.8. The monoisotopic (exact) mass is 626 g/mol. The van der Waals surface area contributed by atoms with Gasteiger partial charge in [-0.2, -0.15) is 0 Å². The maximum absolute atomic E-state index is 13.4. The quantitative estimate of drug-likeness (QED) is 0.0604. The van der Waals surface area contributed by atoms with Gasteiger partial charge >= 0.3 is 5.97 Å². The van der Waals surface area contributed by atoms with Gasteiger partial charge in [-0.15, -0.1) is 23.1 Å². The van der Waals surface area contributed by atoms with E-state index in [0.717, 1.165) is 28.4 Å². The fourth-order valence-electron chi connectivity index (χ4n) is 4.42. The van der Waals surface area contributed by atoms with E-state index in [9.17, 15) is 39.6 Å². The molecule has 0 bridgehead atoms. The lowest BCUT2D eigenvalue weighted by molar-refractivity contribution is -0.689. The normalized spacial score (nSPS) is 18.8. The minimum atomic E-state index is -1.81. The van der Waals surface area contributed by atoms with Gasteiger partial charge in [0.05, 0.1) is 11.7 Å². The topological polar surface area (TPSA) is 232 Å². The number of rotatable bonds is 10. The Morgan fingerprint density at radius 1 is 1.23 bits per heavy atom. The number of nitrogens with one attached hydrogen (secondary N) is 1. The molecule has 3 aromatic rings. The van der Waals surface area contributed by atoms with Crippen molar-refractivity contribution in [3.05, 3.63) is 76.7 Å². The number of thiazole rings is 1. The third-order valence-electron chi connectivity index (χ3n) is 6.43. The number of aromatic hydroxyl groups is 2. The molecular formula is C26H22N6O9S2. The highest BCUT2D eigenvalue weighted by atomic mass is 32.2. The molecule has 0 saturated carbocycles. The number of benzene rings is 1. The number of anilines is 1. The SMILES string of the molecule is Nc1nc(C(=NO[C@H](C(=O)O)c2ccc(O)c(O)c2)C(=O)N[C@@H]2C(=O)N3C(C(=O)[O-])=C(C[n+]4ccccc4)CS[C@H]23)cs1. The lowest BCUT2D eigenvalue weighted by Crippen LogP contribution is -2.71. The van der Waals surface area contributed by atoms with Crippen molar-refractivity contribution < 1.29 is 49.0 Å². The van der Waals surface area contributed by atoms with Gasteiger partial charge < -0.3 is 41.1 Å². The highest BCUT2D eigenvalue weighted by molar-refractivity contribution is 8.00. The number of nitrogen functional groups attached to an aromatic ring is 1. The number of hydrogen-bond acceptors (Lipinski definition) is 13. The first-order valence-corrected chi connectivity index (χ1v) is 14.3. The summed E-state index contributed by atoms with van der Waals surface area (Å²) in [6, 6.07) is 7.42. The van der Waals surface area contributed by atoms with Crippen LogP contribution in [0.4, 0.5) is 5.13 Å². The molecule has 0 aliphatic carbocycles. The largest absolute Gasteiger partial charge is 0.543 e. The highest BCUT2D eigenvalue weighted by Crippen LogP contribution is 2.40. The molecule has 1 saturated heterocycles. The van der Waals surface area contributed by atoms with Crippen molar-refractivity contribution in [1.82, 2.24) is 15.2 Å². The van der Waals surface area contributed by atoms with Gasteiger partial charge in [0, 0.05) is 34.4 Å². The number of nitrogens with two attached hydrogens (primary N) is 1. The van der Waals surface area contributed by atoms with Gasteiger partial charge in [0.15, 0.2) is 41.3 Å². The third-order valence-corrected chi connectivity index (χ3v) is 8.45. The number of aliphatic carboxylic acids is 2. The lowest BCUT2D eigenvalue weighted by atomic mass is 10.0. The van der Waals surface area contributed by atoms with E-state index in [0.29, 0.717) is 5.57 Å². The van der Waals surface area contributed by atoms with Crippen molar-refractivity contribution in [3.8, 4) is 11.5 Å². The zero-order valence-corrected chi connectivity index (χ0v) is 23.4. The number of aromatic nitrogens is 2. The Morgan fingerprint density at radius 3 is 2.60 bits per heavy atom. The van der Waals surface area contributed by atoms with Gasteiger partial charge in [-0.25, -0.2) is 14.3 Å². The number of fused-ring (bicyclic) bond motifs is 1. The average molecular weight is 627 g/mol. The molecule has 1 aromatic carbocycles. The molecule has 2 amide bonds. The minimum Gasteiger partial charge on any atom is -0.543 e. The predicted molar refractivity (Wildman–Crippen MR) is 148 cm³/mol. The predicted octanol–water partition coefficient (Wildman–Crippen LogP) is -0.925. The van der Waals surface area contributed by atoms with Crippen LogP contribution in [0.1, 0.15) is 17.4 Å². The second-order valence-electron chi connectivity index (χ2n) is 9.23. The maximum atomic E-state index is 13.4. The van der Waals surface area contributed by atoms with E-state index in [1.165, 1.54) is 23.2 Å². The second-order valence-corrected chi connectivity index (χ2v) is 11.2. The summed E-state index contributed by atoms with van der Waals surface area (Å²) in [5.74, 6) is -5.55. The Bertz CT molecular complexity index is 1680. The Hall–Kier alpha value is -5.16. The fourth-order valence-corrected chi connectivity index (χ4v) is 6.30. The third kappa shape index (κ3) is 5.93. The number of β-lactam (4-membered cyclic amide) rings is 1. The van der Waals surface area contributed by atoms with Crippen LogP contribution in [0, 0.1) is 0 Å². The zero-order chi connectivity index (χ0) is 30.8. The minimum absolute atomic E-state index is 0.0648. The first-order chi connectivity index (χ1) is 20.5. The number of phenols is 2. The smallest absolute Gasteiger partial charge is 0.352 e. The second kappa shape index (κ2) is 12.0. The number of carbonyl (C=O) groups is 4. The van der Waals surface area contributed by atoms with Crippen molar-refractivity contribution in [1.29, 1.82) is 0 Å². The number of carboxylic acids is 2. The van der Waals surface area contributed by atoms with E-state index in [1.807, 2.05) is 6.07 Å². The van der Waals surface area contributed by atoms with E-state index in [1.54, 1.807) is 29.1 Å². The summed E-state index contributed by atoms with van der Waals surface area (Å²) >= 11 is 2.22. The number of nitrogens with zero attached hydrogens (tertiary/aromatic N) is 4. The summed E-state index contributed by atoms with van der Waals surface area (Å²) < 4.78 is 1.76. The Balaban J connectivity index is 1.38. The first kappa shape index (κ1) is 29.3. The molecule has 222 valence electrons. The molecular weight excluding hydrogens is 604 g/mol. The summed E-state index contributed by atoms with van der Waals surface area (Å²) in [7, 11) is 0. The molecule has 4 heterocycles. The lowest BCUT2D eigenvalue weighted by Gasteiger charge is -2.50. The van der Waals surface area contributed by atoms with E-state index < -0.39 is 58.5 Å². The van der Waals surface area contributed by atoms with Crippen LogP contribution >= 0.6 is 23.1 Å². The molecule has 5 rings (SSSR count). The van der Waals surface area contributed by atoms with E-state index in [4.69, 9.17) is 10.6 Å². The van der Waals surface area contributed by atoms with E-state index in [-0.39, 0.29) is 34.4 Å². The molecule has 43 heavy (non-hydrogen) atoms. The van der Waals surface area contributed by atoms with Crippen molar-refractivity contribution in [2.45, 2.75) is 24.1 Å². The number of hydrogen-bond donors (Lipinski definition) is 5. The van der Waals surface area contributed by atoms with Gasteiger partial charge in [0.25, 0.3) is 11.8 Å². The van der Waals surface area contributed by atoms with Gasteiger partial charge in [-0.1, -0.05) is 17.3 Å². The standard InChI is InChI=1S/C26H22N6O9S2/c27-26-28-14(11-43-26)17(30-41-20(25(39)40)12-4-5-15(33)16(34)8-12)21(35)29-18-22(36)32-19(24(37)38)13(10-42-23(18)32)9-31-6-2-1-3-7-31/h1-8,11,18,20,23H,9-10H2,(H6-,27,28,29,30,33,34,35,37,38,39,40)/t18-,20+,23-/m1/s1. The fraction of sp³-hybridized carbons (Fsp3) is 0.192. The summed E-state index contributed by atoms with van der Waals surface area (Å²) in [6.07, 6.45) is 1.70. The van der Waals surface area contributed by atoms with Crippen molar-refractivity contribution in [3.63, 3.8) is 0 Å². The highest BCUT2D eigenvalue weighted by Gasteiger charge is 2.53. The van der Waals surface area contributed by atoms with Crippen LogP contribution in [0.2, 0.25) is 0 Å². The number of thioether (sulfide) groups is 1. The molecule has 6 N–H and O–H groups in total. The molecule has 2 aliphatic rings. The first-order valence-electron chi connectivity index (χ1n) is 12.4. The van der Waals surface area contributed by atoms with Gasteiger partial charge in [0.2, 0.25) is 6.10 Å². The van der Waals surface area contributed by atoms with Crippen molar-refractivity contribution in [2.75, 3.05) is 11.5 Å². The number of pyridine rings is 1. The van der Waals surface area contributed by atoms with Gasteiger partial charge in [-0.3, -0.25) is 14.5 Å². The Morgan fingerprint density at radius 2 is 1.98 bits per heavy atom. The van der Waals surface area contributed by atoms with E-state index >= 15 is 0 Å². The average Bonchev–Trinajstić information content (AvgIpc) is 3.41. The molecule has 0 unspecified atom stereocenters. The Labute approximate surface area is 250 Å². The van der Waals surface area contributed by atoms with Crippen LogP contribution in [0.3, 0.4) is 0 Å². The molecule has 1 fully saturated rings. The van der Waals surface area contributed by atoms with Gasteiger partial charge in [-0.05, 0) is 12.1 Å². The molecule has 17 heteroatoms. The molecule has 2 aromatic heterocycles. The summed E-state index contributed by atoms with van der Waals surface area (Å²) in [5, 5.41) is 48.0. The van der Waals surface area contributed by atoms with E-state index in [2.05, 4.69) is 15.5 Å². The van der Waals surface area contributed by atoms with Gasteiger partial charge in [0.1, 0.15) is 17.1 Å². The van der Waals surface area contributed by atoms with Crippen LogP contribution in [0.15, 0.2) is 70.6 Å². The van der Waals surface area contributed by atoms with Crippen LogP contribution in [-0.4, -0.2) is 71.8 Å². The summed E-state index contributed by atoms with van der Waals surface area (Å²) in [5.41, 5.74) is 5.22. The van der Waals surface area contributed by atoms with Crippen LogP contribution in [0.25, 0.3) is 0 Å².